The van der Waals surface area contributed by atoms with Gasteiger partial charge in [-0.2, -0.15) is 4.57 Å². The van der Waals surface area contributed by atoms with Gasteiger partial charge < -0.3 is 28.4 Å². The molecule has 0 saturated carbocycles. The Hall–Kier alpha value is -4.46. The van der Waals surface area contributed by atoms with E-state index in [1.165, 1.54) is 11.1 Å². The van der Waals surface area contributed by atoms with Crippen molar-refractivity contribution in [3.8, 4) is 40.0 Å². The Labute approximate surface area is 245 Å². The van der Waals surface area contributed by atoms with Crippen molar-refractivity contribution in [3.05, 3.63) is 71.9 Å². The summed E-state index contributed by atoms with van der Waals surface area (Å²) in [7, 11) is 1.68. The number of nitrogens with zero attached hydrogens (tertiary/aromatic N) is 1. The lowest BCUT2D eigenvalue weighted by Gasteiger charge is -2.18. The summed E-state index contributed by atoms with van der Waals surface area (Å²) in [6.07, 6.45) is 6.18. The summed E-state index contributed by atoms with van der Waals surface area (Å²) in [6.45, 7) is 4.57. The van der Waals surface area contributed by atoms with Crippen LogP contribution in [0.3, 0.4) is 0 Å². The summed E-state index contributed by atoms with van der Waals surface area (Å²) >= 11 is 0. The second-order valence-corrected chi connectivity index (χ2v) is 10.4. The number of fused-ring (bicyclic) bond motifs is 5. The van der Waals surface area contributed by atoms with Crippen molar-refractivity contribution in [2.45, 2.75) is 45.6 Å². The molecule has 2 aliphatic rings. The highest BCUT2D eigenvalue weighted by Crippen LogP contribution is 2.41. The number of aromatic nitrogens is 1. The predicted octanol–water partition coefficient (Wildman–Crippen LogP) is 5.82. The van der Waals surface area contributed by atoms with Crippen molar-refractivity contribution in [2.24, 2.45) is 0 Å². The summed E-state index contributed by atoms with van der Waals surface area (Å²) in [5.41, 5.74) is 4.53. The number of carbonyl (C=O) groups is 1. The van der Waals surface area contributed by atoms with E-state index in [0.29, 0.717) is 19.8 Å². The molecule has 0 amide bonds. The average molecular weight is 571 g/mol. The van der Waals surface area contributed by atoms with Gasteiger partial charge in [-0.05, 0) is 79.1 Å². The summed E-state index contributed by atoms with van der Waals surface area (Å²) < 4.78 is 36.4. The molecule has 3 heterocycles. The van der Waals surface area contributed by atoms with E-state index >= 15 is 0 Å². The third-order valence-corrected chi connectivity index (χ3v) is 7.68. The first kappa shape index (κ1) is 27.7. The van der Waals surface area contributed by atoms with E-state index in [-0.39, 0.29) is 19.2 Å². The van der Waals surface area contributed by atoms with E-state index in [2.05, 4.69) is 35.0 Å². The van der Waals surface area contributed by atoms with Crippen LogP contribution in [0.2, 0.25) is 0 Å². The van der Waals surface area contributed by atoms with E-state index in [1.807, 2.05) is 37.3 Å². The molecule has 0 radical (unpaired) electrons. The lowest BCUT2D eigenvalue weighted by molar-refractivity contribution is -0.686. The predicted molar refractivity (Wildman–Crippen MR) is 158 cm³/mol. The van der Waals surface area contributed by atoms with Crippen LogP contribution in [-0.2, 0) is 28.9 Å². The second-order valence-electron chi connectivity index (χ2n) is 10.4. The summed E-state index contributed by atoms with van der Waals surface area (Å²) in [6, 6.07) is 18.1. The number of methoxy groups -OCH3 is 1. The standard InChI is InChI=1S/C34H36NO7/c1-3-38-33(36)17-23-7-10-26(11-8-23)39-15-5-4-6-16-40-34-28-21-35-14-13-25-19-31-32(42-22-41-31)20-27(25)29(35)18-24(28)9-12-30(34)37-2/h7-12,18-21H,3-6,13-17,22H2,1-2H3/q+1. The number of aryl methyl sites for hydroxylation is 2. The molecule has 0 aliphatic carbocycles. The van der Waals surface area contributed by atoms with Crippen LogP contribution in [0.1, 0.15) is 37.3 Å². The molecule has 0 unspecified atom stereocenters. The Kier molecular flexibility index (Phi) is 8.30. The third kappa shape index (κ3) is 5.93. The largest absolute Gasteiger partial charge is 0.494 e. The third-order valence-electron chi connectivity index (χ3n) is 7.68. The number of rotatable bonds is 12. The molecule has 42 heavy (non-hydrogen) atoms. The summed E-state index contributed by atoms with van der Waals surface area (Å²) in [5, 5.41) is 2.14. The molecule has 0 bridgehead atoms. The van der Waals surface area contributed by atoms with Gasteiger partial charge in [0.05, 0.1) is 44.3 Å². The zero-order valence-electron chi connectivity index (χ0n) is 24.1. The van der Waals surface area contributed by atoms with Crippen LogP contribution in [-0.4, -0.2) is 39.7 Å². The molecule has 8 heteroatoms. The van der Waals surface area contributed by atoms with Crippen molar-refractivity contribution in [1.82, 2.24) is 0 Å². The molecule has 0 spiro atoms. The minimum Gasteiger partial charge on any atom is -0.494 e. The molecule has 1 aromatic heterocycles. The summed E-state index contributed by atoms with van der Waals surface area (Å²) in [5.74, 6) is 3.73. The molecule has 0 N–H and O–H groups in total. The number of hydrogen-bond acceptors (Lipinski definition) is 7. The molecule has 8 nitrogen and oxygen atoms in total. The van der Waals surface area contributed by atoms with Gasteiger partial charge in [0.25, 0.3) is 0 Å². The number of carbonyl (C=O) groups excluding carboxylic acids is 1. The topological polar surface area (TPSA) is 76.3 Å². The van der Waals surface area contributed by atoms with Crippen LogP contribution in [0.5, 0.6) is 28.7 Å². The molecular formula is C34H36NO7+. The Morgan fingerprint density at radius 1 is 0.929 bits per heavy atom. The van der Waals surface area contributed by atoms with Gasteiger partial charge in [0, 0.05) is 12.5 Å². The Morgan fingerprint density at radius 2 is 1.71 bits per heavy atom. The molecule has 2 aliphatic heterocycles. The van der Waals surface area contributed by atoms with Gasteiger partial charge in [-0.15, -0.1) is 0 Å². The molecular weight excluding hydrogens is 534 g/mol. The lowest BCUT2D eigenvalue weighted by atomic mass is 9.95. The smallest absolute Gasteiger partial charge is 0.310 e. The Balaban J connectivity index is 1.05. The van der Waals surface area contributed by atoms with Crippen molar-refractivity contribution >= 4 is 16.7 Å². The van der Waals surface area contributed by atoms with Gasteiger partial charge in [0.15, 0.2) is 35.7 Å². The van der Waals surface area contributed by atoms with Gasteiger partial charge in [0.1, 0.15) is 5.75 Å². The maximum absolute atomic E-state index is 11.6. The lowest BCUT2D eigenvalue weighted by Crippen LogP contribution is -2.40. The average Bonchev–Trinajstić information content (AvgIpc) is 3.47. The normalized spacial score (nSPS) is 12.9. The minimum atomic E-state index is -0.215. The van der Waals surface area contributed by atoms with Crippen LogP contribution < -0.4 is 28.3 Å². The fraction of sp³-hybridized carbons (Fsp3) is 0.353. The van der Waals surface area contributed by atoms with Gasteiger partial charge in [-0.3, -0.25) is 4.79 Å². The number of unbranched alkanes of at least 4 members (excludes halogenated alkanes) is 2. The van der Waals surface area contributed by atoms with Crippen LogP contribution in [0.25, 0.3) is 22.0 Å². The number of pyridine rings is 1. The molecule has 218 valence electrons. The van der Waals surface area contributed by atoms with Gasteiger partial charge in [-0.1, -0.05) is 12.1 Å². The van der Waals surface area contributed by atoms with Crippen LogP contribution in [0, 0.1) is 0 Å². The van der Waals surface area contributed by atoms with E-state index in [0.717, 1.165) is 83.0 Å². The highest BCUT2D eigenvalue weighted by molar-refractivity contribution is 5.91. The highest BCUT2D eigenvalue weighted by atomic mass is 16.7. The SMILES string of the molecule is CCOC(=O)Cc1ccc(OCCCCCOc2c(OC)ccc3cc4[n+](cc23)CCc2cc3c(cc2-4)OCO3)cc1. The zero-order chi connectivity index (χ0) is 28.9. The molecule has 0 saturated heterocycles. The fourth-order valence-electron chi connectivity index (χ4n) is 5.53. The van der Waals surface area contributed by atoms with Crippen molar-refractivity contribution in [3.63, 3.8) is 0 Å². The number of ether oxygens (including phenoxy) is 6. The number of hydrogen-bond donors (Lipinski definition) is 0. The Bertz CT molecular complexity index is 1580. The first-order valence-corrected chi connectivity index (χ1v) is 14.6. The quantitative estimate of drug-likeness (QED) is 0.121. The summed E-state index contributed by atoms with van der Waals surface area (Å²) in [4.78, 5) is 11.6. The molecule has 6 rings (SSSR count). The maximum Gasteiger partial charge on any atom is 0.310 e. The number of esters is 1. The van der Waals surface area contributed by atoms with Gasteiger partial charge in [0.2, 0.25) is 12.5 Å². The van der Waals surface area contributed by atoms with E-state index < -0.39 is 0 Å². The van der Waals surface area contributed by atoms with E-state index in [4.69, 9.17) is 28.4 Å². The monoisotopic (exact) mass is 570 g/mol. The minimum absolute atomic E-state index is 0.215. The highest BCUT2D eigenvalue weighted by Gasteiger charge is 2.28. The van der Waals surface area contributed by atoms with Gasteiger partial charge >= 0.3 is 5.97 Å². The van der Waals surface area contributed by atoms with Crippen molar-refractivity contribution < 1.29 is 37.8 Å². The molecule has 0 atom stereocenters. The van der Waals surface area contributed by atoms with Crippen LogP contribution >= 0.6 is 0 Å². The first-order chi connectivity index (χ1) is 20.6. The van der Waals surface area contributed by atoms with E-state index in [1.54, 1.807) is 7.11 Å². The maximum atomic E-state index is 11.6. The van der Waals surface area contributed by atoms with Crippen LogP contribution in [0.4, 0.5) is 0 Å². The van der Waals surface area contributed by atoms with Crippen molar-refractivity contribution in [2.75, 3.05) is 33.7 Å². The first-order valence-electron chi connectivity index (χ1n) is 14.6. The fourth-order valence-corrected chi connectivity index (χ4v) is 5.53. The van der Waals surface area contributed by atoms with Crippen LogP contribution in [0.15, 0.2) is 60.8 Å². The number of benzene rings is 3. The zero-order valence-corrected chi connectivity index (χ0v) is 24.1. The second kappa shape index (κ2) is 12.6. The molecule has 4 aromatic rings. The molecule has 0 fully saturated rings. The van der Waals surface area contributed by atoms with E-state index in [9.17, 15) is 4.79 Å². The van der Waals surface area contributed by atoms with Gasteiger partial charge in [-0.25, -0.2) is 0 Å². The Morgan fingerprint density at radius 3 is 2.50 bits per heavy atom. The van der Waals surface area contributed by atoms with Crippen molar-refractivity contribution in [1.29, 1.82) is 0 Å². The molecule has 3 aromatic carbocycles.